The maximum atomic E-state index is 5.58. The summed E-state index contributed by atoms with van der Waals surface area (Å²) in [6.07, 6.45) is 4.66. The fourth-order valence-corrected chi connectivity index (χ4v) is 2.81. The van der Waals surface area contributed by atoms with E-state index < -0.39 is 0 Å². The molecule has 0 aliphatic heterocycles. The third-order valence-corrected chi connectivity index (χ3v) is 4.47. The molecule has 0 radical (unpaired) electrons. The van der Waals surface area contributed by atoms with Crippen molar-refractivity contribution in [1.82, 2.24) is 10.2 Å². The molecule has 1 aromatic carbocycles. The number of nitrogens with zero attached hydrogens (tertiary/aromatic N) is 2. The molecular weight excluding hydrogens is 461 g/mol. The summed E-state index contributed by atoms with van der Waals surface area (Å²) >= 11 is 1.76. The van der Waals surface area contributed by atoms with Crippen LogP contribution in [-0.4, -0.2) is 44.4 Å². The molecule has 1 heterocycles. The Morgan fingerprint density at radius 3 is 2.65 bits per heavy atom. The minimum absolute atomic E-state index is 0. The second-order valence-electron chi connectivity index (χ2n) is 5.66. The third kappa shape index (κ3) is 8.01. The van der Waals surface area contributed by atoms with Crippen molar-refractivity contribution in [2.45, 2.75) is 24.5 Å². The Labute approximate surface area is 177 Å². The minimum Gasteiger partial charge on any atom is -0.467 e. The van der Waals surface area contributed by atoms with Crippen molar-refractivity contribution in [3.8, 4) is 0 Å². The molecule has 2 rings (SSSR count). The van der Waals surface area contributed by atoms with Crippen molar-refractivity contribution in [3.63, 3.8) is 0 Å². The molecule has 0 aliphatic rings. The molecular formula is C19H28IN3O2S. The average molecular weight is 489 g/mol. The molecule has 2 aromatic rings. The number of rotatable bonds is 9. The molecule has 0 saturated heterocycles. The lowest BCUT2D eigenvalue weighted by Gasteiger charge is -2.22. The molecule has 0 unspecified atom stereocenters. The van der Waals surface area contributed by atoms with Crippen LogP contribution >= 0.6 is 35.7 Å². The fourth-order valence-electron chi connectivity index (χ4n) is 2.41. The lowest BCUT2D eigenvalue weighted by atomic mass is 10.2. The highest BCUT2D eigenvalue weighted by Gasteiger charge is 2.06. The normalized spacial score (nSPS) is 11.1. The van der Waals surface area contributed by atoms with E-state index in [1.54, 1.807) is 18.0 Å². The maximum absolute atomic E-state index is 5.58. The highest BCUT2D eigenvalue weighted by atomic mass is 127. The summed E-state index contributed by atoms with van der Waals surface area (Å²) in [7, 11) is 3.86. The number of halogens is 1. The van der Waals surface area contributed by atoms with Gasteiger partial charge < -0.3 is 19.4 Å². The van der Waals surface area contributed by atoms with Crippen LogP contribution in [-0.2, 0) is 17.9 Å². The van der Waals surface area contributed by atoms with Crippen molar-refractivity contribution >= 4 is 41.7 Å². The number of ether oxygens (including phenoxy) is 1. The third-order valence-electron chi connectivity index (χ3n) is 3.73. The number of furan rings is 1. The Morgan fingerprint density at radius 1 is 1.27 bits per heavy atom. The van der Waals surface area contributed by atoms with Gasteiger partial charge in [-0.1, -0.05) is 12.1 Å². The molecule has 0 bridgehead atoms. The first-order valence-electron chi connectivity index (χ1n) is 8.37. The number of aliphatic imine (C=N–C) groups is 1. The summed E-state index contributed by atoms with van der Waals surface area (Å²) in [5.74, 6) is 1.75. The van der Waals surface area contributed by atoms with Gasteiger partial charge >= 0.3 is 0 Å². The van der Waals surface area contributed by atoms with Crippen LogP contribution in [0.1, 0.15) is 17.7 Å². The zero-order valence-corrected chi connectivity index (χ0v) is 18.8. The van der Waals surface area contributed by atoms with E-state index in [9.17, 15) is 0 Å². The van der Waals surface area contributed by atoms with Crippen molar-refractivity contribution < 1.29 is 9.15 Å². The Kier molecular flexibility index (Phi) is 11.5. The van der Waals surface area contributed by atoms with Gasteiger partial charge in [-0.3, -0.25) is 4.99 Å². The molecule has 0 saturated carbocycles. The van der Waals surface area contributed by atoms with Gasteiger partial charge in [-0.2, -0.15) is 0 Å². The molecule has 0 amide bonds. The van der Waals surface area contributed by atoms with Crippen LogP contribution in [0.15, 0.2) is 57.0 Å². The molecule has 5 nitrogen and oxygen atoms in total. The summed E-state index contributed by atoms with van der Waals surface area (Å²) in [6.45, 7) is 2.85. The summed E-state index contributed by atoms with van der Waals surface area (Å²) in [6, 6.07) is 12.4. The average Bonchev–Trinajstić information content (AvgIpc) is 3.15. The van der Waals surface area contributed by atoms with E-state index in [0.717, 1.165) is 31.2 Å². The Bertz CT molecular complexity index is 633. The lowest BCUT2D eigenvalue weighted by Crippen LogP contribution is -2.39. The first-order valence-corrected chi connectivity index (χ1v) is 9.60. The van der Waals surface area contributed by atoms with Gasteiger partial charge in [-0.05, 0) is 42.5 Å². The van der Waals surface area contributed by atoms with Crippen molar-refractivity contribution in [1.29, 1.82) is 0 Å². The summed E-state index contributed by atoms with van der Waals surface area (Å²) < 4.78 is 10.8. The quantitative estimate of drug-likeness (QED) is 0.188. The SMILES string of the molecule is CN=C(NCCCOCc1ccco1)N(C)Cc1ccc(SC)cc1.I. The van der Waals surface area contributed by atoms with Crippen LogP contribution in [0.3, 0.4) is 0 Å². The van der Waals surface area contributed by atoms with Crippen molar-refractivity contribution in [3.05, 3.63) is 54.0 Å². The van der Waals surface area contributed by atoms with E-state index in [1.807, 2.05) is 26.2 Å². The van der Waals surface area contributed by atoms with E-state index in [2.05, 4.69) is 45.7 Å². The van der Waals surface area contributed by atoms with E-state index in [0.29, 0.717) is 13.2 Å². The number of nitrogens with one attached hydrogen (secondary N) is 1. The molecule has 0 fully saturated rings. The molecule has 0 aliphatic carbocycles. The zero-order chi connectivity index (χ0) is 17.9. The molecule has 7 heteroatoms. The summed E-state index contributed by atoms with van der Waals surface area (Å²) in [5.41, 5.74) is 1.27. The van der Waals surface area contributed by atoms with Crippen LogP contribution in [0.4, 0.5) is 0 Å². The van der Waals surface area contributed by atoms with Crippen LogP contribution in [0, 0.1) is 0 Å². The highest BCUT2D eigenvalue weighted by Crippen LogP contribution is 2.15. The topological polar surface area (TPSA) is 50.0 Å². The fraction of sp³-hybridized carbons (Fsp3) is 0.421. The number of benzene rings is 1. The lowest BCUT2D eigenvalue weighted by molar-refractivity contribution is 0.104. The number of hydrogen-bond donors (Lipinski definition) is 1. The van der Waals surface area contributed by atoms with E-state index in [4.69, 9.17) is 9.15 Å². The van der Waals surface area contributed by atoms with Gasteiger partial charge in [0.1, 0.15) is 12.4 Å². The minimum atomic E-state index is 0. The van der Waals surface area contributed by atoms with Gasteiger partial charge in [0.15, 0.2) is 5.96 Å². The van der Waals surface area contributed by atoms with Crippen LogP contribution in [0.2, 0.25) is 0 Å². The smallest absolute Gasteiger partial charge is 0.193 e. The van der Waals surface area contributed by atoms with Gasteiger partial charge in [0.25, 0.3) is 0 Å². The molecule has 0 atom stereocenters. The van der Waals surface area contributed by atoms with Gasteiger partial charge in [0, 0.05) is 38.7 Å². The van der Waals surface area contributed by atoms with E-state index in [1.165, 1.54) is 10.5 Å². The number of thioether (sulfide) groups is 1. The Hall–Kier alpha value is -1.19. The number of guanidine groups is 1. The van der Waals surface area contributed by atoms with E-state index >= 15 is 0 Å². The monoisotopic (exact) mass is 489 g/mol. The molecule has 26 heavy (non-hydrogen) atoms. The predicted octanol–water partition coefficient (Wildman–Crippen LogP) is 4.23. The Balaban J connectivity index is 0.00000338. The standard InChI is InChI=1S/C19H27N3O2S.HI/c1-20-19(21-11-5-12-23-15-17-6-4-13-24-17)22(2)14-16-7-9-18(25-3)10-8-16;/h4,6-10,13H,5,11-12,14-15H2,1-3H3,(H,20,21);1H. The van der Waals surface area contributed by atoms with Gasteiger partial charge in [0.2, 0.25) is 0 Å². The van der Waals surface area contributed by atoms with Crippen molar-refractivity contribution in [2.75, 3.05) is 33.5 Å². The zero-order valence-electron chi connectivity index (χ0n) is 15.6. The summed E-state index contributed by atoms with van der Waals surface area (Å²) in [5, 5.41) is 3.37. The largest absolute Gasteiger partial charge is 0.467 e. The second-order valence-corrected chi connectivity index (χ2v) is 6.54. The second kappa shape index (κ2) is 13.1. The Morgan fingerprint density at radius 2 is 2.04 bits per heavy atom. The highest BCUT2D eigenvalue weighted by molar-refractivity contribution is 14.0. The van der Waals surface area contributed by atoms with Gasteiger partial charge in [0.05, 0.1) is 6.26 Å². The molecule has 1 N–H and O–H groups in total. The number of hydrogen-bond acceptors (Lipinski definition) is 4. The van der Waals surface area contributed by atoms with Gasteiger partial charge in [-0.25, -0.2) is 0 Å². The van der Waals surface area contributed by atoms with Crippen LogP contribution < -0.4 is 5.32 Å². The van der Waals surface area contributed by atoms with Crippen LogP contribution in [0.25, 0.3) is 0 Å². The first kappa shape index (κ1) is 22.9. The first-order chi connectivity index (χ1) is 12.2. The molecule has 0 spiro atoms. The van der Waals surface area contributed by atoms with Crippen molar-refractivity contribution in [2.24, 2.45) is 4.99 Å². The van der Waals surface area contributed by atoms with Gasteiger partial charge in [-0.15, -0.1) is 35.7 Å². The van der Waals surface area contributed by atoms with E-state index in [-0.39, 0.29) is 24.0 Å². The predicted molar refractivity (Wildman–Crippen MR) is 119 cm³/mol. The summed E-state index contributed by atoms with van der Waals surface area (Å²) in [4.78, 5) is 7.75. The molecule has 1 aromatic heterocycles. The molecule has 144 valence electrons. The maximum Gasteiger partial charge on any atom is 0.193 e. The van der Waals surface area contributed by atoms with Crippen LogP contribution in [0.5, 0.6) is 0 Å².